The molecule has 4 rings (SSSR count). The summed E-state index contributed by atoms with van der Waals surface area (Å²) in [4.78, 5) is 15.1. The van der Waals surface area contributed by atoms with Crippen LogP contribution in [-0.2, 0) is 6.54 Å². The molecule has 1 aromatic heterocycles. The van der Waals surface area contributed by atoms with Gasteiger partial charge >= 0.3 is 6.03 Å². The molecule has 1 aliphatic heterocycles. The van der Waals surface area contributed by atoms with Crippen molar-refractivity contribution in [3.8, 4) is 11.5 Å². The SMILES string of the molecule is COc1ccc([C@@H]2c3cccn3CCN2C(=O)Nc2cccc(C)c2)cc1OC. The monoisotopic (exact) mass is 391 g/mol. The topological polar surface area (TPSA) is 55.7 Å². The van der Waals surface area contributed by atoms with Crippen molar-refractivity contribution in [2.45, 2.75) is 19.5 Å². The molecule has 2 aromatic carbocycles. The fraction of sp³-hybridized carbons (Fsp3) is 0.261. The smallest absolute Gasteiger partial charge is 0.322 e. The molecule has 2 heterocycles. The van der Waals surface area contributed by atoms with Crippen molar-refractivity contribution in [3.63, 3.8) is 0 Å². The molecular formula is C23H25N3O3. The third kappa shape index (κ3) is 3.66. The molecular weight excluding hydrogens is 366 g/mol. The van der Waals surface area contributed by atoms with Crippen LogP contribution in [0.3, 0.4) is 0 Å². The van der Waals surface area contributed by atoms with E-state index in [9.17, 15) is 4.79 Å². The van der Waals surface area contributed by atoms with E-state index in [-0.39, 0.29) is 12.1 Å². The van der Waals surface area contributed by atoms with Gasteiger partial charge in [0, 0.05) is 30.7 Å². The van der Waals surface area contributed by atoms with Gasteiger partial charge < -0.3 is 24.3 Å². The minimum Gasteiger partial charge on any atom is -0.493 e. The van der Waals surface area contributed by atoms with Crippen LogP contribution in [0.25, 0.3) is 0 Å². The van der Waals surface area contributed by atoms with Crippen LogP contribution < -0.4 is 14.8 Å². The maximum Gasteiger partial charge on any atom is 0.322 e. The van der Waals surface area contributed by atoms with E-state index < -0.39 is 0 Å². The third-order valence-electron chi connectivity index (χ3n) is 5.29. The molecule has 0 radical (unpaired) electrons. The molecule has 0 unspecified atom stereocenters. The first kappa shape index (κ1) is 18.9. The Morgan fingerprint density at radius 2 is 1.83 bits per heavy atom. The van der Waals surface area contributed by atoms with Crippen molar-refractivity contribution in [1.29, 1.82) is 0 Å². The molecule has 0 saturated heterocycles. The zero-order valence-corrected chi connectivity index (χ0v) is 16.9. The molecule has 0 spiro atoms. The van der Waals surface area contributed by atoms with Crippen molar-refractivity contribution in [1.82, 2.24) is 9.47 Å². The molecule has 2 amide bonds. The molecule has 0 aliphatic carbocycles. The maximum atomic E-state index is 13.2. The maximum absolute atomic E-state index is 13.2. The van der Waals surface area contributed by atoms with Gasteiger partial charge in [0.25, 0.3) is 0 Å². The molecule has 3 aromatic rings. The van der Waals surface area contributed by atoms with Crippen LogP contribution in [0, 0.1) is 6.92 Å². The minimum atomic E-state index is -0.219. The van der Waals surface area contributed by atoms with E-state index in [0.717, 1.165) is 29.1 Å². The highest BCUT2D eigenvalue weighted by Gasteiger charge is 2.32. The number of anilines is 1. The first-order valence-corrected chi connectivity index (χ1v) is 9.62. The van der Waals surface area contributed by atoms with Crippen LogP contribution in [0.2, 0.25) is 0 Å². The van der Waals surface area contributed by atoms with Crippen molar-refractivity contribution < 1.29 is 14.3 Å². The highest BCUT2D eigenvalue weighted by molar-refractivity contribution is 5.90. The Morgan fingerprint density at radius 3 is 2.59 bits per heavy atom. The Hall–Kier alpha value is -3.41. The Kier molecular flexibility index (Phi) is 5.16. The highest BCUT2D eigenvalue weighted by Crippen LogP contribution is 2.37. The number of ether oxygens (including phenoxy) is 2. The summed E-state index contributed by atoms with van der Waals surface area (Å²) in [5.74, 6) is 1.31. The van der Waals surface area contributed by atoms with E-state index in [1.807, 2.05) is 60.4 Å². The number of aromatic nitrogens is 1. The van der Waals surface area contributed by atoms with Crippen molar-refractivity contribution in [3.05, 3.63) is 77.6 Å². The lowest BCUT2D eigenvalue weighted by Crippen LogP contribution is -2.44. The number of methoxy groups -OCH3 is 2. The van der Waals surface area contributed by atoms with Crippen molar-refractivity contribution in [2.24, 2.45) is 0 Å². The second kappa shape index (κ2) is 7.91. The molecule has 1 aliphatic rings. The number of amides is 2. The quantitative estimate of drug-likeness (QED) is 0.715. The van der Waals surface area contributed by atoms with Crippen LogP contribution in [-0.4, -0.2) is 36.3 Å². The van der Waals surface area contributed by atoms with Gasteiger partial charge in [-0.3, -0.25) is 0 Å². The number of nitrogens with zero attached hydrogens (tertiary/aromatic N) is 2. The molecule has 29 heavy (non-hydrogen) atoms. The lowest BCUT2D eigenvalue weighted by Gasteiger charge is -2.37. The first-order chi connectivity index (χ1) is 14.1. The van der Waals surface area contributed by atoms with Gasteiger partial charge in [0.15, 0.2) is 11.5 Å². The number of carbonyl (C=O) groups is 1. The Balaban J connectivity index is 1.70. The molecule has 0 saturated carbocycles. The number of hydrogen-bond donors (Lipinski definition) is 1. The Morgan fingerprint density at radius 1 is 1.00 bits per heavy atom. The predicted molar refractivity (Wildman–Crippen MR) is 113 cm³/mol. The summed E-state index contributed by atoms with van der Waals surface area (Å²) in [6, 6.07) is 17.4. The Bertz CT molecular complexity index is 1030. The second-order valence-corrected chi connectivity index (χ2v) is 7.14. The van der Waals surface area contributed by atoms with Crippen molar-refractivity contribution in [2.75, 3.05) is 26.1 Å². The van der Waals surface area contributed by atoms with Crippen LogP contribution in [0.15, 0.2) is 60.8 Å². The minimum absolute atomic E-state index is 0.122. The van der Waals surface area contributed by atoms with E-state index in [1.165, 1.54) is 0 Å². The number of aryl methyl sites for hydroxylation is 1. The van der Waals surface area contributed by atoms with E-state index in [2.05, 4.69) is 22.1 Å². The lowest BCUT2D eigenvalue weighted by molar-refractivity contribution is 0.181. The number of rotatable bonds is 4. The summed E-state index contributed by atoms with van der Waals surface area (Å²) in [7, 11) is 3.23. The molecule has 1 atom stereocenters. The van der Waals surface area contributed by atoms with Crippen LogP contribution in [0.1, 0.15) is 22.9 Å². The third-order valence-corrected chi connectivity index (χ3v) is 5.29. The fourth-order valence-electron chi connectivity index (χ4n) is 3.89. The fourth-order valence-corrected chi connectivity index (χ4v) is 3.89. The van der Waals surface area contributed by atoms with Crippen molar-refractivity contribution >= 4 is 11.7 Å². The highest BCUT2D eigenvalue weighted by atomic mass is 16.5. The number of carbonyl (C=O) groups excluding carboxylic acids is 1. The normalized spacial score (nSPS) is 15.6. The largest absolute Gasteiger partial charge is 0.493 e. The molecule has 6 heteroatoms. The van der Waals surface area contributed by atoms with Gasteiger partial charge in [-0.1, -0.05) is 18.2 Å². The number of nitrogens with one attached hydrogen (secondary N) is 1. The summed E-state index contributed by atoms with van der Waals surface area (Å²) in [5, 5.41) is 3.05. The average Bonchev–Trinajstić information content (AvgIpc) is 3.21. The summed E-state index contributed by atoms with van der Waals surface area (Å²) in [6.45, 7) is 3.38. The standard InChI is InChI=1S/C23H25N3O3/c1-16-6-4-7-18(14-16)24-23(27)26-13-12-25-11-5-8-19(25)22(26)17-9-10-20(28-2)21(15-17)29-3/h4-11,14-15,22H,12-13H2,1-3H3,(H,24,27)/t22-/m1/s1. The average molecular weight is 391 g/mol. The number of hydrogen-bond acceptors (Lipinski definition) is 3. The van der Waals surface area contributed by atoms with Crippen LogP contribution in [0.5, 0.6) is 11.5 Å². The van der Waals surface area contributed by atoms with Gasteiger partial charge in [0.05, 0.1) is 20.3 Å². The first-order valence-electron chi connectivity index (χ1n) is 9.62. The zero-order valence-electron chi connectivity index (χ0n) is 16.9. The number of benzene rings is 2. The van der Waals surface area contributed by atoms with Gasteiger partial charge in [-0.05, 0) is 54.4 Å². The van der Waals surface area contributed by atoms with Gasteiger partial charge in [-0.2, -0.15) is 0 Å². The van der Waals surface area contributed by atoms with Gasteiger partial charge in [-0.25, -0.2) is 4.79 Å². The van der Waals surface area contributed by atoms with E-state index in [4.69, 9.17) is 9.47 Å². The van der Waals surface area contributed by atoms with Gasteiger partial charge in [0.2, 0.25) is 0 Å². The van der Waals surface area contributed by atoms with Gasteiger partial charge in [-0.15, -0.1) is 0 Å². The Labute approximate surface area is 170 Å². The zero-order chi connectivity index (χ0) is 20.4. The molecule has 150 valence electrons. The molecule has 0 fully saturated rings. The second-order valence-electron chi connectivity index (χ2n) is 7.14. The summed E-state index contributed by atoms with van der Waals surface area (Å²) < 4.78 is 13.1. The van der Waals surface area contributed by atoms with E-state index in [0.29, 0.717) is 18.0 Å². The number of urea groups is 1. The van der Waals surface area contributed by atoms with E-state index in [1.54, 1.807) is 14.2 Å². The molecule has 0 bridgehead atoms. The number of fused-ring (bicyclic) bond motifs is 1. The lowest BCUT2D eigenvalue weighted by atomic mass is 9.99. The van der Waals surface area contributed by atoms with Crippen LogP contribution in [0.4, 0.5) is 10.5 Å². The van der Waals surface area contributed by atoms with Crippen LogP contribution >= 0.6 is 0 Å². The summed E-state index contributed by atoms with van der Waals surface area (Å²) in [5.41, 5.74) is 3.94. The van der Waals surface area contributed by atoms with Gasteiger partial charge in [0.1, 0.15) is 0 Å². The summed E-state index contributed by atoms with van der Waals surface area (Å²) in [6.07, 6.45) is 2.05. The predicted octanol–water partition coefficient (Wildman–Crippen LogP) is 4.45. The molecule has 6 nitrogen and oxygen atoms in total. The summed E-state index contributed by atoms with van der Waals surface area (Å²) >= 11 is 0. The van der Waals surface area contributed by atoms with E-state index >= 15 is 0 Å². The molecule has 1 N–H and O–H groups in total.